The summed E-state index contributed by atoms with van der Waals surface area (Å²) in [7, 11) is 0. The average molecular weight is 254 g/mol. The Labute approximate surface area is 116 Å². The predicted molar refractivity (Wildman–Crippen MR) is 81.6 cm³/mol. The summed E-state index contributed by atoms with van der Waals surface area (Å²) in [5.74, 6) is 0. The van der Waals surface area contributed by atoms with Crippen LogP contribution in [0.1, 0.15) is 22.3 Å². The third kappa shape index (κ3) is 3.45. The molecule has 0 aliphatic carbocycles. The fraction of sp³-hybridized carbons (Fsp3) is 0.333. The average Bonchev–Trinajstić information content (AvgIpc) is 3.30. The highest BCUT2D eigenvalue weighted by atomic mass is 16.6. The van der Waals surface area contributed by atoms with Crippen LogP contribution in [-0.2, 0) is 4.74 Å². The minimum absolute atomic E-state index is 1.00. The lowest BCUT2D eigenvalue weighted by molar-refractivity contribution is 0.475. The standard InChI is InChI=1S/C16H18.C2H4O/c1-11-10-16(14(4)13(3)12(11)2)15-8-6-5-7-9-15;1-2-3-1/h5-10H,1-4H3;1-2H2. The van der Waals surface area contributed by atoms with E-state index < -0.39 is 0 Å². The molecule has 1 nitrogen and oxygen atoms in total. The molecule has 1 aliphatic rings. The van der Waals surface area contributed by atoms with Gasteiger partial charge in [-0.1, -0.05) is 36.4 Å². The topological polar surface area (TPSA) is 12.5 Å². The van der Waals surface area contributed by atoms with Crippen LogP contribution in [-0.4, -0.2) is 13.2 Å². The molecule has 0 N–H and O–H groups in total. The highest BCUT2D eigenvalue weighted by Crippen LogP contribution is 2.29. The molecule has 2 aromatic rings. The first kappa shape index (κ1) is 13.8. The van der Waals surface area contributed by atoms with Gasteiger partial charge in [-0.05, 0) is 61.1 Å². The summed E-state index contributed by atoms with van der Waals surface area (Å²) in [5.41, 5.74) is 8.28. The summed E-state index contributed by atoms with van der Waals surface area (Å²) in [4.78, 5) is 0. The Balaban J connectivity index is 0.000000390. The number of rotatable bonds is 1. The Morgan fingerprint density at radius 2 is 1.37 bits per heavy atom. The van der Waals surface area contributed by atoms with Crippen molar-refractivity contribution in [2.24, 2.45) is 0 Å². The zero-order valence-electron chi connectivity index (χ0n) is 12.3. The van der Waals surface area contributed by atoms with Gasteiger partial charge in [-0.2, -0.15) is 0 Å². The molecule has 1 heteroatoms. The highest BCUT2D eigenvalue weighted by Gasteiger charge is 2.08. The second kappa shape index (κ2) is 6.03. The molecule has 0 aromatic heterocycles. The molecule has 1 saturated heterocycles. The van der Waals surface area contributed by atoms with Crippen molar-refractivity contribution in [3.05, 3.63) is 58.7 Å². The van der Waals surface area contributed by atoms with Crippen molar-refractivity contribution in [1.82, 2.24) is 0 Å². The molecule has 100 valence electrons. The number of hydrogen-bond acceptors (Lipinski definition) is 1. The van der Waals surface area contributed by atoms with Crippen LogP contribution in [0.2, 0.25) is 0 Å². The predicted octanol–water partition coefficient (Wildman–Crippen LogP) is 4.60. The van der Waals surface area contributed by atoms with Gasteiger partial charge in [0.25, 0.3) is 0 Å². The lowest BCUT2D eigenvalue weighted by Crippen LogP contribution is -1.94. The molecule has 0 unspecified atom stereocenters. The zero-order chi connectivity index (χ0) is 13.8. The summed E-state index contributed by atoms with van der Waals surface area (Å²) in [6.45, 7) is 10.8. The number of ether oxygens (including phenoxy) is 1. The molecule has 1 heterocycles. The van der Waals surface area contributed by atoms with Gasteiger partial charge >= 0.3 is 0 Å². The first-order valence-electron chi connectivity index (χ1n) is 6.82. The number of epoxide rings is 1. The molecule has 0 spiro atoms. The maximum Gasteiger partial charge on any atom is 0.0701 e. The SMILES string of the molecule is C1CO1.Cc1cc(-c2ccccc2)c(C)c(C)c1C. The highest BCUT2D eigenvalue weighted by molar-refractivity contribution is 5.70. The van der Waals surface area contributed by atoms with Crippen molar-refractivity contribution in [2.75, 3.05) is 13.2 Å². The van der Waals surface area contributed by atoms with Crippen molar-refractivity contribution in [2.45, 2.75) is 27.7 Å². The third-order valence-electron chi connectivity index (χ3n) is 3.77. The number of benzene rings is 2. The van der Waals surface area contributed by atoms with Gasteiger partial charge in [0.05, 0.1) is 13.2 Å². The molecule has 0 amide bonds. The Morgan fingerprint density at radius 3 is 1.89 bits per heavy atom. The Kier molecular flexibility index (Phi) is 4.39. The minimum atomic E-state index is 1.00. The maximum absolute atomic E-state index is 4.50. The minimum Gasteiger partial charge on any atom is -0.377 e. The first-order chi connectivity index (χ1) is 9.11. The van der Waals surface area contributed by atoms with Gasteiger partial charge in [-0.15, -0.1) is 0 Å². The summed E-state index contributed by atoms with van der Waals surface area (Å²) in [5, 5.41) is 0. The summed E-state index contributed by atoms with van der Waals surface area (Å²) in [6.07, 6.45) is 0. The van der Waals surface area contributed by atoms with Gasteiger partial charge in [-0.3, -0.25) is 0 Å². The second-order valence-corrected chi connectivity index (χ2v) is 5.09. The molecular weight excluding hydrogens is 232 g/mol. The monoisotopic (exact) mass is 254 g/mol. The van der Waals surface area contributed by atoms with Crippen molar-refractivity contribution in [1.29, 1.82) is 0 Å². The molecule has 0 radical (unpaired) electrons. The number of aryl methyl sites for hydroxylation is 1. The Hall–Kier alpha value is -1.60. The van der Waals surface area contributed by atoms with Crippen LogP contribution in [0.15, 0.2) is 36.4 Å². The molecular formula is C18H22O. The maximum atomic E-state index is 4.50. The zero-order valence-corrected chi connectivity index (χ0v) is 12.3. The van der Waals surface area contributed by atoms with Gasteiger partial charge in [0.15, 0.2) is 0 Å². The van der Waals surface area contributed by atoms with E-state index in [9.17, 15) is 0 Å². The van der Waals surface area contributed by atoms with Crippen LogP contribution < -0.4 is 0 Å². The Morgan fingerprint density at radius 1 is 0.789 bits per heavy atom. The van der Waals surface area contributed by atoms with E-state index in [1.165, 1.54) is 33.4 Å². The molecule has 1 fully saturated rings. The van der Waals surface area contributed by atoms with Crippen LogP contribution in [0, 0.1) is 27.7 Å². The van der Waals surface area contributed by atoms with Crippen molar-refractivity contribution < 1.29 is 4.74 Å². The van der Waals surface area contributed by atoms with Crippen molar-refractivity contribution in [3.63, 3.8) is 0 Å². The quantitative estimate of drug-likeness (QED) is 0.677. The summed E-state index contributed by atoms with van der Waals surface area (Å²) < 4.78 is 4.50. The van der Waals surface area contributed by atoms with Crippen LogP contribution >= 0.6 is 0 Å². The second-order valence-electron chi connectivity index (χ2n) is 5.09. The van der Waals surface area contributed by atoms with Crippen molar-refractivity contribution >= 4 is 0 Å². The smallest absolute Gasteiger partial charge is 0.0701 e. The van der Waals surface area contributed by atoms with E-state index in [0.717, 1.165) is 13.2 Å². The summed E-state index contributed by atoms with van der Waals surface area (Å²) >= 11 is 0. The van der Waals surface area contributed by atoms with Gasteiger partial charge < -0.3 is 4.74 Å². The molecule has 0 saturated carbocycles. The van der Waals surface area contributed by atoms with Crippen LogP contribution in [0.4, 0.5) is 0 Å². The normalized spacial score (nSPS) is 12.6. The van der Waals surface area contributed by atoms with E-state index in [4.69, 9.17) is 0 Å². The van der Waals surface area contributed by atoms with Gasteiger partial charge in [0.1, 0.15) is 0 Å². The molecule has 1 aliphatic heterocycles. The largest absolute Gasteiger partial charge is 0.377 e. The van der Waals surface area contributed by atoms with Gasteiger partial charge in [0.2, 0.25) is 0 Å². The van der Waals surface area contributed by atoms with Crippen LogP contribution in [0.5, 0.6) is 0 Å². The fourth-order valence-electron chi connectivity index (χ4n) is 2.13. The van der Waals surface area contributed by atoms with E-state index in [0.29, 0.717) is 0 Å². The lowest BCUT2D eigenvalue weighted by Gasteiger charge is -2.14. The summed E-state index contributed by atoms with van der Waals surface area (Å²) in [6, 6.07) is 12.9. The van der Waals surface area contributed by atoms with Crippen molar-refractivity contribution in [3.8, 4) is 11.1 Å². The van der Waals surface area contributed by atoms with E-state index in [2.05, 4.69) is 68.8 Å². The molecule has 3 rings (SSSR count). The van der Waals surface area contributed by atoms with E-state index in [1.54, 1.807) is 0 Å². The lowest BCUT2D eigenvalue weighted by atomic mass is 9.91. The van der Waals surface area contributed by atoms with Gasteiger partial charge in [-0.25, -0.2) is 0 Å². The number of hydrogen-bond donors (Lipinski definition) is 0. The van der Waals surface area contributed by atoms with Crippen LogP contribution in [0.25, 0.3) is 11.1 Å². The molecule has 2 aromatic carbocycles. The van der Waals surface area contributed by atoms with E-state index in [1.807, 2.05) is 0 Å². The van der Waals surface area contributed by atoms with E-state index in [-0.39, 0.29) is 0 Å². The molecule has 19 heavy (non-hydrogen) atoms. The molecule has 0 atom stereocenters. The third-order valence-corrected chi connectivity index (χ3v) is 3.77. The Bertz CT molecular complexity index is 551. The van der Waals surface area contributed by atoms with Gasteiger partial charge in [0, 0.05) is 0 Å². The first-order valence-corrected chi connectivity index (χ1v) is 6.82. The fourth-order valence-corrected chi connectivity index (χ4v) is 2.13. The molecule has 0 bridgehead atoms. The van der Waals surface area contributed by atoms with Crippen LogP contribution in [0.3, 0.4) is 0 Å². The van der Waals surface area contributed by atoms with E-state index >= 15 is 0 Å².